The predicted octanol–water partition coefficient (Wildman–Crippen LogP) is -0.612. The normalized spacial score (nSPS) is 11.3. The van der Waals surface area contributed by atoms with Gasteiger partial charge in [-0.15, -0.1) is 0 Å². The molecule has 0 bridgehead atoms. The number of hydrazine groups is 1. The second-order valence-corrected chi connectivity index (χ2v) is 7.39. The van der Waals surface area contributed by atoms with Crippen LogP contribution in [0, 0.1) is 12.3 Å². The number of carbonyl (C=O) groups is 2. The minimum absolute atomic E-state index is 0. The summed E-state index contributed by atoms with van der Waals surface area (Å²) >= 11 is 0. The van der Waals surface area contributed by atoms with Gasteiger partial charge in [-0.3, -0.25) is 15.0 Å². The summed E-state index contributed by atoms with van der Waals surface area (Å²) in [6.45, 7) is 7.42. The fourth-order valence-electron chi connectivity index (χ4n) is 2.58. The number of rotatable bonds is 7. The smallest absolute Gasteiger partial charge is 0.857 e. The van der Waals surface area contributed by atoms with Gasteiger partial charge in [0.05, 0.1) is 12.5 Å². The molecule has 0 aliphatic carbocycles. The van der Waals surface area contributed by atoms with Crippen LogP contribution in [0.4, 0.5) is 0 Å². The van der Waals surface area contributed by atoms with Gasteiger partial charge >= 0.3 is 35.5 Å². The molecule has 0 fully saturated rings. The van der Waals surface area contributed by atoms with Crippen molar-refractivity contribution < 1.29 is 49.0 Å². The van der Waals surface area contributed by atoms with Crippen LogP contribution in [0.1, 0.15) is 47.8 Å². The summed E-state index contributed by atoms with van der Waals surface area (Å²) in [5.41, 5.74) is 8.96. The molecule has 2 rings (SSSR count). The monoisotopic (exact) mass is 422 g/mol. The molecule has 0 radical (unpaired) electrons. The molecule has 1 unspecified atom stereocenters. The molecular weight excluding hydrogens is 391 g/mol. The zero-order valence-electron chi connectivity index (χ0n) is 19.0. The second-order valence-electron chi connectivity index (χ2n) is 7.39. The third kappa shape index (κ3) is 8.20. The van der Waals surface area contributed by atoms with Crippen molar-refractivity contribution in [3.8, 4) is 0 Å². The third-order valence-electron chi connectivity index (χ3n) is 4.94. The Morgan fingerprint density at radius 1 is 1.00 bits per heavy atom. The fraction of sp³-hybridized carbons (Fsp3) is 0.391. The first kappa shape index (κ1) is 28.3. The molecule has 6 nitrogen and oxygen atoms in total. The maximum atomic E-state index is 12.3. The Morgan fingerprint density at radius 3 is 1.93 bits per heavy atom. The Hall–Kier alpha value is -1.70. The largest absolute Gasteiger partial charge is 1.00 e. The van der Waals surface area contributed by atoms with Gasteiger partial charge in [0.2, 0.25) is 0 Å². The van der Waals surface area contributed by atoms with Crippen molar-refractivity contribution in [2.24, 2.45) is 5.41 Å². The van der Waals surface area contributed by atoms with Crippen molar-refractivity contribution in [3.63, 3.8) is 0 Å². The van der Waals surface area contributed by atoms with E-state index >= 15 is 0 Å². The number of esters is 1. The standard InChI is InChI=1S/C22H28N2O3.CH3O.Na/c1-15-6-8-17(9-7-15)14-18-10-12-19(13-11-18)20(25)24-23-16(2)22(3,4)21(26)27-5;1-2;/h6-13,16,23H,14H2,1-5H3,(H,24,25);1H3;/q;-1;+1. The van der Waals surface area contributed by atoms with Crippen LogP contribution < -0.4 is 45.5 Å². The van der Waals surface area contributed by atoms with E-state index in [4.69, 9.17) is 9.84 Å². The van der Waals surface area contributed by atoms with Gasteiger partial charge in [-0.05, 0) is 57.4 Å². The number of aryl methyl sites for hydroxylation is 1. The van der Waals surface area contributed by atoms with Crippen molar-refractivity contribution in [3.05, 3.63) is 70.8 Å². The molecule has 1 amide bonds. The van der Waals surface area contributed by atoms with E-state index in [0.717, 1.165) is 19.1 Å². The fourth-order valence-corrected chi connectivity index (χ4v) is 2.58. The minimum atomic E-state index is -0.764. The van der Waals surface area contributed by atoms with Gasteiger partial charge in [-0.2, -0.15) is 7.11 Å². The number of carbonyl (C=O) groups excluding carboxylic acids is 2. The SMILES string of the molecule is COC(=O)C(C)(C)C(C)NNC(=O)c1ccc(Cc2ccc(C)cc2)cc1.C[O-].[Na+]. The summed E-state index contributed by atoms with van der Waals surface area (Å²) in [7, 11) is 2.10. The summed E-state index contributed by atoms with van der Waals surface area (Å²) in [4.78, 5) is 24.2. The summed E-state index contributed by atoms with van der Waals surface area (Å²) in [6, 6.07) is 15.6. The number of methoxy groups -OCH3 is 1. The molecular formula is C23H31N2NaO4. The first-order chi connectivity index (χ1) is 13.7. The van der Waals surface area contributed by atoms with Crippen LogP contribution in [-0.2, 0) is 16.0 Å². The number of nitrogens with one attached hydrogen (secondary N) is 2. The number of ether oxygens (including phenoxy) is 1. The zero-order chi connectivity index (χ0) is 22.0. The van der Waals surface area contributed by atoms with E-state index < -0.39 is 5.41 Å². The Kier molecular flexibility index (Phi) is 12.8. The maximum Gasteiger partial charge on any atom is 1.00 e. The number of benzene rings is 2. The van der Waals surface area contributed by atoms with E-state index in [1.807, 2.05) is 19.1 Å². The van der Waals surface area contributed by atoms with Crippen molar-refractivity contribution in [1.82, 2.24) is 10.9 Å². The first-order valence-corrected chi connectivity index (χ1v) is 9.43. The molecule has 0 aromatic heterocycles. The van der Waals surface area contributed by atoms with Crippen LogP contribution in [0.3, 0.4) is 0 Å². The molecule has 1 atom stereocenters. The van der Waals surface area contributed by atoms with E-state index in [2.05, 4.69) is 42.0 Å². The molecule has 0 spiro atoms. The van der Waals surface area contributed by atoms with E-state index in [1.165, 1.54) is 18.2 Å². The van der Waals surface area contributed by atoms with E-state index in [-0.39, 0.29) is 47.5 Å². The summed E-state index contributed by atoms with van der Waals surface area (Å²) in [6.07, 6.45) is 0.824. The molecule has 0 aliphatic rings. The van der Waals surface area contributed by atoms with Crippen LogP contribution in [0.15, 0.2) is 48.5 Å². The van der Waals surface area contributed by atoms with Crippen molar-refractivity contribution in [1.29, 1.82) is 0 Å². The van der Waals surface area contributed by atoms with Crippen LogP contribution >= 0.6 is 0 Å². The van der Waals surface area contributed by atoms with E-state index in [1.54, 1.807) is 26.0 Å². The van der Waals surface area contributed by atoms with Gasteiger partial charge < -0.3 is 9.84 Å². The van der Waals surface area contributed by atoms with Gasteiger partial charge in [0.15, 0.2) is 0 Å². The third-order valence-corrected chi connectivity index (χ3v) is 4.94. The topological polar surface area (TPSA) is 90.5 Å². The van der Waals surface area contributed by atoms with Gasteiger partial charge in [0.1, 0.15) is 0 Å². The average molecular weight is 423 g/mol. The number of hydrogen-bond donors (Lipinski definition) is 2. The average Bonchev–Trinajstić information content (AvgIpc) is 2.74. The molecule has 30 heavy (non-hydrogen) atoms. The molecule has 2 N–H and O–H groups in total. The summed E-state index contributed by atoms with van der Waals surface area (Å²) in [5, 5.41) is 8.25. The molecule has 7 heteroatoms. The zero-order valence-corrected chi connectivity index (χ0v) is 21.0. The van der Waals surface area contributed by atoms with Crippen LogP contribution in [-0.4, -0.2) is 32.1 Å². The molecule has 0 saturated carbocycles. The maximum absolute atomic E-state index is 12.3. The van der Waals surface area contributed by atoms with Crippen molar-refractivity contribution in [2.75, 3.05) is 14.2 Å². The molecule has 2 aromatic rings. The Morgan fingerprint density at radius 2 is 1.47 bits per heavy atom. The van der Waals surface area contributed by atoms with Crippen LogP contribution in [0.5, 0.6) is 0 Å². The number of hydrogen-bond acceptors (Lipinski definition) is 5. The quantitative estimate of drug-likeness (QED) is 0.353. The Labute approximate surface area is 201 Å². The van der Waals surface area contributed by atoms with Crippen LogP contribution in [0.25, 0.3) is 0 Å². The minimum Gasteiger partial charge on any atom is -0.857 e. The predicted molar refractivity (Wildman–Crippen MR) is 112 cm³/mol. The summed E-state index contributed by atoms with van der Waals surface area (Å²) < 4.78 is 4.80. The van der Waals surface area contributed by atoms with Crippen LogP contribution in [0.2, 0.25) is 0 Å². The van der Waals surface area contributed by atoms with Gasteiger partial charge in [0.25, 0.3) is 5.91 Å². The second kappa shape index (κ2) is 13.6. The first-order valence-electron chi connectivity index (χ1n) is 9.43. The Balaban J connectivity index is 0.00000272. The van der Waals surface area contributed by atoms with Crippen molar-refractivity contribution >= 4 is 11.9 Å². The van der Waals surface area contributed by atoms with Crippen molar-refractivity contribution in [2.45, 2.75) is 40.2 Å². The Bertz CT molecular complexity index is 790. The molecule has 0 aliphatic heterocycles. The van der Waals surface area contributed by atoms with Gasteiger partial charge in [-0.25, -0.2) is 5.43 Å². The summed E-state index contributed by atoms with van der Waals surface area (Å²) in [5.74, 6) is -0.582. The van der Waals surface area contributed by atoms with E-state index in [0.29, 0.717) is 5.56 Å². The van der Waals surface area contributed by atoms with Gasteiger partial charge in [-0.1, -0.05) is 42.0 Å². The van der Waals surface area contributed by atoms with E-state index in [9.17, 15) is 9.59 Å². The molecule has 2 aromatic carbocycles. The molecule has 158 valence electrons. The van der Waals surface area contributed by atoms with Gasteiger partial charge in [0, 0.05) is 11.6 Å². The molecule has 0 saturated heterocycles. The number of amides is 1. The molecule has 0 heterocycles.